The Morgan fingerprint density at radius 3 is 2.22 bits per heavy atom. The molecule has 3 N–H and O–H groups in total. The predicted molar refractivity (Wildman–Crippen MR) is 144 cm³/mol. The summed E-state index contributed by atoms with van der Waals surface area (Å²) in [6.45, 7) is 0. The molecule has 0 bridgehead atoms. The minimum Gasteiger partial charge on any atom is -0.508 e. The van der Waals surface area contributed by atoms with Gasteiger partial charge in [0.25, 0.3) is 5.24 Å². The largest absolute Gasteiger partial charge is 0.508 e. The predicted octanol–water partition coefficient (Wildman–Crippen LogP) is 7.20. The number of anilines is 1. The smallest absolute Gasteiger partial charge is 0.287 e. The molecule has 0 spiro atoms. The molecule has 1 amide bonds. The molecule has 0 saturated carbocycles. The first kappa shape index (κ1) is 24.9. The van der Waals surface area contributed by atoms with Gasteiger partial charge in [-0.15, -0.1) is 0 Å². The molecule has 1 aliphatic heterocycles. The molecular formula is C30H26FNO4S. The van der Waals surface area contributed by atoms with E-state index in [0.717, 1.165) is 11.1 Å². The molecule has 0 radical (unpaired) electrons. The van der Waals surface area contributed by atoms with E-state index in [-0.39, 0.29) is 27.8 Å². The van der Waals surface area contributed by atoms with Gasteiger partial charge in [0, 0.05) is 22.6 Å². The summed E-state index contributed by atoms with van der Waals surface area (Å²) in [7, 11) is 0. The zero-order valence-electron chi connectivity index (χ0n) is 19.9. The number of benzene rings is 4. The number of nitrogens with zero attached hydrogens (tertiary/aromatic N) is 1. The molecule has 3 atom stereocenters. The SMILES string of the molecule is O=C1S[C@H](CCC(O)c2ccc(F)cc2)[C@@H](c2ccc(O)cc2O)N1c1ccc(-c2ccccc2)cc1. The van der Waals surface area contributed by atoms with Crippen molar-refractivity contribution in [3.8, 4) is 22.6 Å². The van der Waals surface area contributed by atoms with Crippen LogP contribution in [0.4, 0.5) is 14.9 Å². The van der Waals surface area contributed by atoms with Crippen LogP contribution >= 0.6 is 11.8 Å². The molecule has 7 heteroatoms. The van der Waals surface area contributed by atoms with Crippen molar-refractivity contribution in [3.63, 3.8) is 0 Å². The maximum atomic E-state index is 13.3. The maximum Gasteiger partial charge on any atom is 0.287 e. The first-order valence-electron chi connectivity index (χ1n) is 12.0. The number of hydrogen-bond acceptors (Lipinski definition) is 5. The number of aromatic hydroxyl groups is 2. The number of halogens is 1. The molecular weight excluding hydrogens is 489 g/mol. The van der Waals surface area contributed by atoms with Crippen molar-refractivity contribution in [3.05, 3.63) is 114 Å². The molecule has 1 heterocycles. The fourth-order valence-electron chi connectivity index (χ4n) is 4.75. The number of aliphatic hydroxyl groups is 1. The third-order valence-electron chi connectivity index (χ3n) is 6.64. The highest BCUT2D eigenvalue weighted by molar-refractivity contribution is 8.14. The molecule has 4 aromatic carbocycles. The number of phenols is 2. The fraction of sp³-hybridized carbons (Fsp3) is 0.167. The van der Waals surface area contributed by atoms with Crippen molar-refractivity contribution in [1.82, 2.24) is 0 Å². The highest BCUT2D eigenvalue weighted by Crippen LogP contribution is 2.49. The number of amides is 1. The van der Waals surface area contributed by atoms with E-state index in [1.165, 1.54) is 36.0 Å². The number of carbonyl (C=O) groups excluding carboxylic acids is 1. The van der Waals surface area contributed by atoms with E-state index in [1.807, 2.05) is 54.6 Å². The normalized spacial score (nSPS) is 18.2. The van der Waals surface area contributed by atoms with Gasteiger partial charge in [-0.2, -0.15) is 0 Å². The van der Waals surface area contributed by atoms with Crippen molar-refractivity contribution in [2.75, 3.05) is 4.90 Å². The van der Waals surface area contributed by atoms with Crippen LogP contribution in [0.3, 0.4) is 0 Å². The van der Waals surface area contributed by atoms with E-state index in [9.17, 15) is 24.5 Å². The van der Waals surface area contributed by atoms with Gasteiger partial charge in [0.05, 0.1) is 12.1 Å². The van der Waals surface area contributed by atoms with Crippen LogP contribution in [0.2, 0.25) is 0 Å². The van der Waals surface area contributed by atoms with Gasteiger partial charge in [-0.1, -0.05) is 66.4 Å². The Kier molecular flexibility index (Phi) is 7.17. The Morgan fingerprint density at radius 2 is 1.54 bits per heavy atom. The summed E-state index contributed by atoms with van der Waals surface area (Å²) >= 11 is 1.17. The zero-order chi connectivity index (χ0) is 25.9. The molecule has 37 heavy (non-hydrogen) atoms. The van der Waals surface area contributed by atoms with Crippen molar-refractivity contribution >= 4 is 22.7 Å². The third-order valence-corrected chi connectivity index (χ3v) is 7.84. The lowest BCUT2D eigenvalue weighted by molar-refractivity contribution is 0.163. The van der Waals surface area contributed by atoms with Crippen LogP contribution in [0.1, 0.15) is 36.1 Å². The van der Waals surface area contributed by atoms with Crippen LogP contribution in [0.25, 0.3) is 11.1 Å². The number of rotatable bonds is 7. The summed E-state index contributed by atoms with van der Waals surface area (Å²) in [4.78, 5) is 15.0. The summed E-state index contributed by atoms with van der Waals surface area (Å²) < 4.78 is 13.3. The quantitative estimate of drug-likeness (QED) is 0.242. The number of carbonyl (C=O) groups is 1. The Balaban J connectivity index is 1.44. The highest BCUT2D eigenvalue weighted by Gasteiger charge is 2.43. The summed E-state index contributed by atoms with van der Waals surface area (Å²) in [5.41, 5.74) is 3.90. The average Bonchev–Trinajstić information content (AvgIpc) is 3.23. The minimum absolute atomic E-state index is 0.0692. The van der Waals surface area contributed by atoms with Crippen LogP contribution in [0.15, 0.2) is 97.1 Å². The summed E-state index contributed by atoms with van der Waals surface area (Å²) in [5, 5.41) is 30.8. The molecule has 0 aliphatic carbocycles. The molecule has 188 valence electrons. The highest BCUT2D eigenvalue weighted by atomic mass is 32.2. The lowest BCUT2D eigenvalue weighted by atomic mass is 9.95. The van der Waals surface area contributed by atoms with Crippen molar-refractivity contribution < 1.29 is 24.5 Å². The minimum atomic E-state index is -0.815. The fourth-order valence-corrected chi connectivity index (χ4v) is 6.00. The van der Waals surface area contributed by atoms with E-state index in [4.69, 9.17) is 0 Å². The summed E-state index contributed by atoms with van der Waals surface area (Å²) in [6, 6.07) is 27.2. The Bertz CT molecular complexity index is 1380. The van der Waals surface area contributed by atoms with Gasteiger partial charge < -0.3 is 15.3 Å². The number of aliphatic hydroxyl groups excluding tert-OH is 1. The van der Waals surface area contributed by atoms with Gasteiger partial charge in [-0.05, 0) is 65.9 Å². The Morgan fingerprint density at radius 1 is 0.865 bits per heavy atom. The van der Waals surface area contributed by atoms with E-state index in [2.05, 4.69) is 0 Å². The van der Waals surface area contributed by atoms with Crippen molar-refractivity contribution in [2.24, 2.45) is 0 Å². The third kappa shape index (κ3) is 5.33. The van der Waals surface area contributed by atoms with Gasteiger partial charge in [-0.3, -0.25) is 9.69 Å². The van der Waals surface area contributed by atoms with Crippen molar-refractivity contribution in [1.29, 1.82) is 0 Å². The lowest BCUT2D eigenvalue weighted by Gasteiger charge is -2.29. The van der Waals surface area contributed by atoms with Crippen LogP contribution < -0.4 is 4.90 Å². The van der Waals surface area contributed by atoms with Gasteiger partial charge >= 0.3 is 0 Å². The maximum absolute atomic E-state index is 13.3. The Hall–Kier alpha value is -3.81. The molecule has 1 fully saturated rings. The van der Waals surface area contributed by atoms with E-state index < -0.39 is 12.1 Å². The lowest BCUT2D eigenvalue weighted by Crippen LogP contribution is -2.29. The standard InChI is InChI=1S/C30H26FNO4S/c31-22-10-6-21(7-11-22)26(34)16-17-28-29(25-15-14-24(33)18-27(25)35)32(30(36)37-28)23-12-8-20(9-13-23)19-4-2-1-3-5-19/h1-15,18,26,28-29,33-35H,16-17H2/t26?,28-,29-/m1/s1. The molecule has 1 aliphatic rings. The molecule has 0 aromatic heterocycles. The van der Waals surface area contributed by atoms with Gasteiger partial charge in [0.1, 0.15) is 17.3 Å². The average molecular weight is 516 g/mol. The van der Waals surface area contributed by atoms with Gasteiger partial charge in [-0.25, -0.2) is 4.39 Å². The Labute approximate surface area is 218 Å². The summed E-state index contributed by atoms with van der Waals surface area (Å²) in [5.74, 6) is -0.541. The first-order chi connectivity index (χ1) is 17.9. The van der Waals surface area contributed by atoms with E-state index in [0.29, 0.717) is 29.7 Å². The number of thioether (sulfide) groups is 1. The number of hydrogen-bond donors (Lipinski definition) is 3. The zero-order valence-corrected chi connectivity index (χ0v) is 20.7. The van der Waals surface area contributed by atoms with Gasteiger partial charge in [0.15, 0.2) is 0 Å². The molecule has 4 aromatic rings. The van der Waals surface area contributed by atoms with Gasteiger partial charge in [0.2, 0.25) is 0 Å². The molecule has 5 nitrogen and oxygen atoms in total. The second kappa shape index (κ2) is 10.7. The van der Waals surface area contributed by atoms with Crippen LogP contribution in [-0.2, 0) is 0 Å². The molecule has 1 saturated heterocycles. The monoisotopic (exact) mass is 515 g/mol. The number of phenolic OH excluding ortho intramolecular Hbond substituents is 2. The summed E-state index contributed by atoms with van der Waals surface area (Å²) in [6.07, 6.45) is 0.00943. The first-order valence-corrected chi connectivity index (χ1v) is 12.9. The van der Waals surface area contributed by atoms with E-state index in [1.54, 1.807) is 23.1 Å². The van der Waals surface area contributed by atoms with Crippen LogP contribution in [0.5, 0.6) is 11.5 Å². The van der Waals surface area contributed by atoms with Crippen molar-refractivity contribution in [2.45, 2.75) is 30.2 Å². The topological polar surface area (TPSA) is 81.0 Å². The van der Waals surface area contributed by atoms with Crippen LogP contribution in [-0.4, -0.2) is 25.8 Å². The molecule has 5 rings (SSSR count). The second-order valence-corrected chi connectivity index (χ2v) is 10.2. The molecule has 1 unspecified atom stereocenters. The second-order valence-electron chi connectivity index (χ2n) is 9.04. The van der Waals surface area contributed by atoms with Crippen LogP contribution in [0, 0.1) is 5.82 Å². The van der Waals surface area contributed by atoms with E-state index >= 15 is 0 Å².